The van der Waals surface area contributed by atoms with Gasteiger partial charge in [-0.2, -0.15) is 0 Å². The molecule has 168 valence electrons. The molecule has 3 heterocycles. The Morgan fingerprint density at radius 2 is 2.16 bits per heavy atom. The Morgan fingerprint density at radius 1 is 1.28 bits per heavy atom. The first-order valence-electron chi connectivity index (χ1n) is 10.1. The predicted molar refractivity (Wildman–Crippen MR) is 110 cm³/mol. The number of ether oxygens (including phenoxy) is 3. The highest BCUT2D eigenvalue weighted by molar-refractivity contribution is 5.93. The minimum absolute atomic E-state index is 0.0862. The van der Waals surface area contributed by atoms with Gasteiger partial charge in [0.15, 0.2) is 11.6 Å². The van der Waals surface area contributed by atoms with Crippen LogP contribution in [0.25, 0.3) is 11.4 Å². The average molecular weight is 442 g/mol. The molecule has 4 rings (SSSR count). The van der Waals surface area contributed by atoms with Gasteiger partial charge in [-0.25, -0.2) is 19.0 Å². The summed E-state index contributed by atoms with van der Waals surface area (Å²) in [6, 6.07) is 5.96. The van der Waals surface area contributed by atoms with E-state index in [9.17, 15) is 9.18 Å². The number of nitrogens with zero attached hydrogens (tertiary/aromatic N) is 5. The zero-order valence-corrected chi connectivity index (χ0v) is 17.7. The van der Waals surface area contributed by atoms with Crippen molar-refractivity contribution in [1.29, 1.82) is 0 Å². The van der Waals surface area contributed by atoms with E-state index in [4.69, 9.17) is 14.2 Å². The van der Waals surface area contributed by atoms with Crippen molar-refractivity contribution in [2.24, 2.45) is 0 Å². The van der Waals surface area contributed by atoms with Gasteiger partial charge in [0, 0.05) is 6.54 Å². The van der Waals surface area contributed by atoms with Crippen LogP contribution in [0.15, 0.2) is 30.5 Å². The first-order chi connectivity index (χ1) is 15.5. The maximum absolute atomic E-state index is 13.6. The standard InChI is InChI=1S/C21H23FN6O4/c1-13-24-17(19-11-28(27-26-19)10-15-12-31-5-6-32-15)8-18(25-13)21(29)23-9-14-3-4-16(22)20(7-14)30-2/h3-4,7-8,11,15H,5-6,9-10,12H2,1-2H3,(H,23,29)/t15-/m1/s1. The Balaban J connectivity index is 1.44. The molecule has 3 aromatic rings. The number of carbonyl (C=O) groups excluding carboxylic acids is 1. The van der Waals surface area contributed by atoms with Crippen LogP contribution < -0.4 is 10.1 Å². The lowest BCUT2D eigenvalue weighted by Crippen LogP contribution is -2.32. The van der Waals surface area contributed by atoms with Crippen molar-refractivity contribution in [2.75, 3.05) is 26.9 Å². The van der Waals surface area contributed by atoms with Crippen LogP contribution >= 0.6 is 0 Å². The summed E-state index contributed by atoms with van der Waals surface area (Å²) >= 11 is 0. The molecule has 0 saturated carbocycles. The first-order valence-corrected chi connectivity index (χ1v) is 10.1. The van der Waals surface area contributed by atoms with E-state index in [1.807, 2.05) is 0 Å². The lowest BCUT2D eigenvalue weighted by atomic mass is 10.2. The van der Waals surface area contributed by atoms with Crippen LogP contribution in [0.3, 0.4) is 0 Å². The Morgan fingerprint density at radius 3 is 2.94 bits per heavy atom. The lowest BCUT2D eigenvalue weighted by Gasteiger charge is -2.22. The summed E-state index contributed by atoms with van der Waals surface area (Å²) in [5, 5.41) is 11.0. The predicted octanol–water partition coefficient (Wildman–Crippen LogP) is 1.54. The second-order valence-corrected chi connectivity index (χ2v) is 7.23. The van der Waals surface area contributed by atoms with E-state index in [2.05, 4.69) is 25.6 Å². The molecule has 1 aromatic carbocycles. The van der Waals surface area contributed by atoms with E-state index in [0.29, 0.717) is 49.1 Å². The summed E-state index contributed by atoms with van der Waals surface area (Å²) in [7, 11) is 1.39. The molecule has 0 bridgehead atoms. The van der Waals surface area contributed by atoms with Crippen LogP contribution in [0.1, 0.15) is 21.9 Å². The van der Waals surface area contributed by atoms with Gasteiger partial charge in [0.2, 0.25) is 0 Å². The maximum atomic E-state index is 13.6. The molecule has 0 spiro atoms. The smallest absolute Gasteiger partial charge is 0.270 e. The van der Waals surface area contributed by atoms with Gasteiger partial charge in [0.25, 0.3) is 5.91 Å². The van der Waals surface area contributed by atoms with Crippen LogP contribution in [0.5, 0.6) is 5.75 Å². The summed E-state index contributed by atoms with van der Waals surface area (Å²) in [5.74, 6) is -0.311. The molecule has 1 atom stereocenters. The van der Waals surface area contributed by atoms with Crippen LogP contribution in [0, 0.1) is 12.7 Å². The fraction of sp³-hybridized carbons (Fsp3) is 0.381. The number of carbonyl (C=O) groups is 1. The summed E-state index contributed by atoms with van der Waals surface area (Å²) in [6.07, 6.45) is 1.66. The number of hydrogen-bond acceptors (Lipinski definition) is 8. The number of aromatic nitrogens is 5. The van der Waals surface area contributed by atoms with Crippen LogP contribution in [-0.4, -0.2) is 63.9 Å². The molecular formula is C21H23FN6O4. The molecule has 11 heteroatoms. The van der Waals surface area contributed by atoms with E-state index < -0.39 is 5.82 Å². The van der Waals surface area contributed by atoms with E-state index in [1.165, 1.54) is 19.2 Å². The molecule has 10 nitrogen and oxygen atoms in total. The number of halogens is 1. The van der Waals surface area contributed by atoms with Crippen molar-refractivity contribution in [3.8, 4) is 17.1 Å². The lowest BCUT2D eigenvalue weighted by molar-refractivity contribution is -0.0947. The Kier molecular flexibility index (Phi) is 6.66. The molecule has 1 aliphatic heterocycles. The number of methoxy groups -OCH3 is 1. The highest BCUT2D eigenvalue weighted by atomic mass is 19.1. The van der Waals surface area contributed by atoms with Gasteiger partial charge in [-0.05, 0) is 30.7 Å². The Labute approximate surface area is 183 Å². The normalized spacial score (nSPS) is 16.0. The van der Waals surface area contributed by atoms with Crippen LogP contribution in [0.4, 0.5) is 4.39 Å². The largest absolute Gasteiger partial charge is 0.494 e. The van der Waals surface area contributed by atoms with Crippen molar-refractivity contribution in [1.82, 2.24) is 30.3 Å². The number of nitrogens with one attached hydrogen (secondary N) is 1. The number of hydrogen-bond donors (Lipinski definition) is 1. The first kappa shape index (κ1) is 21.8. The van der Waals surface area contributed by atoms with E-state index in [-0.39, 0.29) is 30.0 Å². The summed E-state index contributed by atoms with van der Waals surface area (Å²) < 4.78 is 31.2. The SMILES string of the molecule is COc1cc(CNC(=O)c2cc(-c3cn(C[C@@H]4COCCO4)nn3)nc(C)n2)ccc1F. The number of aryl methyl sites for hydroxylation is 1. The molecule has 0 unspecified atom stereocenters. The second-order valence-electron chi connectivity index (χ2n) is 7.23. The van der Waals surface area contributed by atoms with Gasteiger partial charge in [0.05, 0.1) is 45.4 Å². The van der Waals surface area contributed by atoms with Gasteiger partial charge in [-0.3, -0.25) is 4.79 Å². The van der Waals surface area contributed by atoms with E-state index >= 15 is 0 Å². The van der Waals surface area contributed by atoms with E-state index in [0.717, 1.165) is 0 Å². The molecule has 1 aliphatic rings. The van der Waals surface area contributed by atoms with E-state index in [1.54, 1.807) is 29.9 Å². The molecule has 1 N–H and O–H groups in total. The third-order valence-electron chi connectivity index (χ3n) is 4.82. The molecule has 2 aromatic heterocycles. The summed E-state index contributed by atoms with van der Waals surface area (Å²) in [5.41, 5.74) is 1.89. The van der Waals surface area contributed by atoms with Gasteiger partial charge in [-0.15, -0.1) is 5.10 Å². The van der Waals surface area contributed by atoms with Crippen LogP contribution in [0.2, 0.25) is 0 Å². The van der Waals surface area contributed by atoms with Crippen molar-refractivity contribution in [2.45, 2.75) is 26.1 Å². The van der Waals surface area contributed by atoms with Crippen molar-refractivity contribution in [3.05, 3.63) is 53.4 Å². The highest BCUT2D eigenvalue weighted by Gasteiger charge is 2.18. The molecule has 1 fully saturated rings. The molecule has 0 radical (unpaired) electrons. The molecule has 32 heavy (non-hydrogen) atoms. The summed E-state index contributed by atoms with van der Waals surface area (Å²) in [6.45, 7) is 4.05. The molecule has 1 amide bonds. The van der Waals surface area contributed by atoms with Crippen molar-refractivity contribution in [3.63, 3.8) is 0 Å². The molecule has 1 saturated heterocycles. The highest BCUT2D eigenvalue weighted by Crippen LogP contribution is 2.19. The topological polar surface area (TPSA) is 113 Å². The van der Waals surface area contributed by atoms with Crippen LogP contribution in [-0.2, 0) is 22.6 Å². The maximum Gasteiger partial charge on any atom is 0.270 e. The van der Waals surface area contributed by atoms with Crippen molar-refractivity contribution < 1.29 is 23.4 Å². The molecular weight excluding hydrogens is 419 g/mol. The zero-order chi connectivity index (χ0) is 22.5. The zero-order valence-electron chi connectivity index (χ0n) is 17.7. The number of benzene rings is 1. The fourth-order valence-electron chi connectivity index (χ4n) is 3.26. The van der Waals surface area contributed by atoms with Gasteiger partial charge in [-0.1, -0.05) is 11.3 Å². The average Bonchev–Trinajstić information content (AvgIpc) is 3.27. The number of amides is 1. The third kappa shape index (κ3) is 5.24. The van der Waals surface area contributed by atoms with Gasteiger partial charge in [0.1, 0.15) is 23.3 Å². The third-order valence-corrected chi connectivity index (χ3v) is 4.82. The minimum Gasteiger partial charge on any atom is -0.494 e. The second kappa shape index (κ2) is 9.79. The van der Waals surface area contributed by atoms with Gasteiger partial charge >= 0.3 is 0 Å². The summed E-state index contributed by atoms with van der Waals surface area (Å²) in [4.78, 5) is 21.3. The van der Waals surface area contributed by atoms with Crippen molar-refractivity contribution >= 4 is 5.91 Å². The molecule has 0 aliphatic carbocycles. The minimum atomic E-state index is -0.464. The Bertz CT molecular complexity index is 1100. The quantitative estimate of drug-likeness (QED) is 0.586. The fourth-order valence-corrected chi connectivity index (χ4v) is 3.26. The van der Waals surface area contributed by atoms with Gasteiger partial charge < -0.3 is 19.5 Å². The number of rotatable bonds is 7. The Hall–Kier alpha value is -3.44. The monoisotopic (exact) mass is 442 g/mol.